The van der Waals surface area contributed by atoms with Gasteiger partial charge in [-0.1, -0.05) is 36.4 Å². The molecule has 2 heterocycles. The Morgan fingerprint density at radius 1 is 0.943 bits per heavy atom. The van der Waals surface area contributed by atoms with E-state index >= 15 is 0 Å². The maximum atomic E-state index is 13.3. The first kappa shape index (κ1) is 24.6. The summed E-state index contributed by atoms with van der Waals surface area (Å²) < 4.78 is 16.6. The quantitative estimate of drug-likeness (QED) is 0.605. The Balaban J connectivity index is 1.41. The van der Waals surface area contributed by atoms with Crippen molar-refractivity contribution in [3.8, 4) is 17.2 Å². The van der Waals surface area contributed by atoms with E-state index < -0.39 is 0 Å². The van der Waals surface area contributed by atoms with Gasteiger partial charge in [0.25, 0.3) is 0 Å². The molecule has 2 aliphatic rings. The van der Waals surface area contributed by atoms with E-state index in [9.17, 15) is 9.59 Å². The van der Waals surface area contributed by atoms with E-state index in [1.54, 1.807) is 21.3 Å². The second kappa shape index (κ2) is 11.3. The summed E-state index contributed by atoms with van der Waals surface area (Å²) in [6, 6.07) is 13.5. The van der Waals surface area contributed by atoms with Crippen molar-refractivity contribution in [2.75, 3.05) is 47.5 Å². The zero-order chi connectivity index (χ0) is 24.8. The van der Waals surface area contributed by atoms with Gasteiger partial charge in [-0.2, -0.15) is 0 Å². The average Bonchev–Trinajstić information content (AvgIpc) is 2.92. The Morgan fingerprint density at radius 2 is 1.66 bits per heavy atom. The van der Waals surface area contributed by atoms with Gasteiger partial charge in [0, 0.05) is 38.3 Å². The molecule has 1 saturated heterocycles. The zero-order valence-corrected chi connectivity index (χ0v) is 20.8. The average molecular weight is 479 g/mol. The number of carbonyl (C=O) groups is 2. The van der Waals surface area contributed by atoms with Crippen molar-refractivity contribution >= 4 is 17.4 Å². The molecule has 4 rings (SSSR count). The van der Waals surface area contributed by atoms with E-state index in [4.69, 9.17) is 14.2 Å². The molecule has 2 aromatic carbocycles. The van der Waals surface area contributed by atoms with Crippen LogP contribution < -0.4 is 14.2 Å². The monoisotopic (exact) mass is 478 g/mol. The largest absolute Gasteiger partial charge is 0.496 e. The minimum absolute atomic E-state index is 0.0909. The number of likely N-dealkylation sites (tertiary alicyclic amines) is 1. The molecule has 0 bridgehead atoms. The van der Waals surface area contributed by atoms with Crippen LogP contribution in [0.1, 0.15) is 30.4 Å². The fourth-order valence-electron chi connectivity index (χ4n) is 4.96. The number of hydrogen-bond donors (Lipinski definition) is 0. The molecule has 2 aliphatic heterocycles. The third kappa shape index (κ3) is 5.61. The van der Waals surface area contributed by atoms with Gasteiger partial charge in [-0.05, 0) is 30.4 Å². The summed E-state index contributed by atoms with van der Waals surface area (Å²) in [6.45, 7) is 2.37. The van der Waals surface area contributed by atoms with Crippen LogP contribution in [0.25, 0.3) is 5.57 Å². The summed E-state index contributed by atoms with van der Waals surface area (Å²) in [6.07, 6.45) is 4.83. The molecule has 1 fully saturated rings. The van der Waals surface area contributed by atoms with E-state index in [1.165, 1.54) is 0 Å². The number of piperidine rings is 1. The molecular formula is C28H34N2O5. The Hall–Kier alpha value is -3.48. The lowest BCUT2D eigenvalue weighted by molar-refractivity contribution is -0.140. The minimum Gasteiger partial charge on any atom is -0.496 e. The molecule has 0 N–H and O–H groups in total. The fraction of sp³-hybridized carbons (Fsp3) is 0.429. The molecule has 0 spiro atoms. The SMILES string of the molecule is COc1cc(OC)c(C2=CCN(C(=O)C3CCCN(C(=O)Cc4ccccc4)C3)CC2)c(OC)c1. The van der Waals surface area contributed by atoms with E-state index in [1.807, 2.05) is 52.3 Å². The molecule has 0 aliphatic carbocycles. The minimum atomic E-state index is -0.150. The van der Waals surface area contributed by atoms with Gasteiger partial charge in [0.15, 0.2) is 0 Å². The Labute approximate surface area is 207 Å². The summed E-state index contributed by atoms with van der Waals surface area (Å²) in [5.41, 5.74) is 3.00. The lowest BCUT2D eigenvalue weighted by Crippen LogP contribution is -2.48. The number of nitrogens with zero attached hydrogens (tertiary/aromatic N) is 2. The van der Waals surface area contributed by atoms with Crippen molar-refractivity contribution < 1.29 is 23.8 Å². The van der Waals surface area contributed by atoms with Gasteiger partial charge in [0.2, 0.25) is 11.8 Å². The summed E-state index contributed by atoms with van der Waals surface area (Å²) in [5.74, 6) is 2.11. The smallest absolute Gasteiger partial charge is 0.227 e. The fourth-order valence-corrected chi connectivity index (χ4v) is 4.96. The molecule has 1 unspecified atom stereocenters. The predicted molar refractivity (Wildman–Crippen MR) is 135 cm³/mol. The van der Waals surface area contributed by atoms with Crippen LogP contribution in [0.15, 0.2) is 48.5 Å². The summed E-state index contributed by atoms with van der Waals surface area (Å²) >= 11 is 0. The van der Waals surface area contributed by atoms with Crippen molar-refractivity contribution in [1.82, 2.24) is 9.80 Å². The van der Waals surface area contributed by atoms with E-state index in [0.717, 1.165) is 36.1 Å². The van der Waals surface area contributed by atoms with Crippen LogP contribution in [0.4, 0.5) is 0 Å². The standard InChI is InChI=1S/C28H34N2O5/c1-33-23-17-24(34-2)27(25(18-23)35-3)21-11-14-29(15-12-21)28(32)22-10-7-13-30(19-22)26(31)16-20-8-5-4-6-9-20/h4-6,8-9,11,17-18,22H,7,10,12-16,19H2,1-3H3. The highest BCUT2D eigenvalue weighted by Crippen LogP contribution is 2.41. The number of ether oxygens (including phenoxy) is 3. The third-order valence-corrected chi connectivity index (χ3v) is 6.88. The number of amides is 2. The zero-order valence-electron chi connectivity index (χ0n) is 20.8. The molecular weight excluding hydrogens is 444 g/mol. The van der Waals surface area contributed by atoms with Crippen molar-refractivity contribution in [2.24, 2.45) is 5.92 Å². The predicted octanol–water partition coefficient (Wildman–Crippen LogP) is 3.81. The highest BCUT2D eigenvalue weighted by molar-refractivity contribution is 5.84. The van der Waals surface area contributed by atoms with Crippen molar-refractivity contribution in [3.63, 3.8) is 0 Å². The van der Waals surface area contributed by atoms with Crippen LogP contribution in [0.3, 0.4) is 0 Å². The molecule has 7 nitrogen and oxygen atoms in total. The molecule has 0 radical (unpaired) electrons. The van der Waals surface area contributed by atoms with Crippen molar-refractivity contribution in [3.05, 3.63) is 59.7 Å². The number of carbonyl (C=O) groups excluding carboxylic acids is 2. The van der Waals surface area contributed by atoms with E-state index in [2.05, 4.69) is 6.08 Å². The van der Waals surface area contributed by atoms with Crippen molar-refractivity contribution in [2.45, 2.75) is 25.7 Å². The number of methoxy groups -OCH3 is 3. The van der Waals surface area contributed by atoms with E-state index in [-0.39, 0.29) is 17.7 Å². The van der Waals surface area contributed by atoms with Crippen LogP contribution in [-0.2, 0) is 16.0 Å². The lowest BCUT2D eigenvalue weighted by Gasteiger charge is -2.36. The van der Waals surface area contributed by atoms with Crippen molar-refractivity contribution in [1.29, 1.82) is 0 Å². The second-order valence-electron chi connectivity index (χ2n) is 9.01. The first-order valence-corrected chi connectivity index (χ1v) is 12.1. The summed E-state index contributed by atoms with van der Waals surface area (Å²) in [4.78, 5) is 29.9. The summed E-state index contributed by atoms with van der Waals surface area (Å²) in [7, 11) is 4.87. The molecule has 7 heteroatoms. The van der Waals surface area contributed by atoms with Gasteiger partial charge < -0.3 is 24.0 Å². The summed E-state index contributed by atoms with van der Waals surface area (Å²) in [5, 5.41) is 0. The number of hydrogen-bond acceptors (Lipinski definition) is 5. The Kier molecular flexibility index (Phi) is 7.95. The molecule has 186 valence electrons. The normalized spacial score (nSPS) is 18.0. The van der Waals surface area contributed by atoms with Crippen LogP contribution >= 0.6 is 0 Å². The van der Waals surface area contributed by atoms with Crippen LogP contribution in [-0.4, -0.2) is 69.1 Å². The molecule has 1 atom stereocenters. The van der Waals surface area contributed by atoms with Gasteiger partial charge in [-0.25, -0.2) is 0 Å². The van der Waals surface area contributed by atoms with Crippen LogP contribution in [0.5, 0.6) is 17.2 Å². The van der Waals surface area contributed by atoms with E-state index in [0.29, 0.717) is 49.7 Å². The topological polar surface area (TPSA) is 68.3 Å². The number of rotatable bonds is 7. The van der Waals surface area contributed by atoms with Gasteiger partial charge in [-0.3, -0.25) is 9.59 Å². The van der Waals surface area contributed by atoms with Crippen LogP contribution in [0.2, 0.25) is 0 Å². The van der Waals surface area contributed by atoms with Gasteiger partial charge >= 0.3 is 0 Å². The second-order valence-corrected chi connectivity index (χ2v) is 9.01. The molecule has 0 aromatic heterocycles. The molecule has 2 amide bonds. The van der Waals surface area contributed by atoms with Gasteiger partial charge in [0.05, 0.1) is 39.2 Å². The van der Waals surface area contributed by atoms with Gasteiger partial charge in [0.1, 0.15) is 17.2 Å². The Bertz CT molecular complexity index is 1060. The highest BCUT2D eigenvalue weighted by Gasteiger charge is 2.32. The maximum absolute atomic E-state index is 13.3. The molecule has 35 heavy (non-hydrogen) atoms. The maximum Gasteiger partial charge on any atom is 0.227 e. The van der Waals surface area contributed by atoms with Gasteiger partial charge in [-0.15, -0.1) is 0 Å². The molecule has 2 aromatic rings. The first-order chi connectivity index (χ1) is 17.0. The number of benzene rings is 2. The van der Waals surface area contributed by atoms with Crippen LogP contribution in [0, 0.1) is 5.92 Å². The highest BCUT2D eigenvalue weighted by atomic mass is 16.5. The third-order valence-electron chi connectivity index (χ3n) is 6.88. The first-order valence-electron chi connectivity index (χ1n) is 12.1. The Morgan fingerprint density at radius 3 is 2.26 bits per heavy atom. The lowest BCUT2D eigenvalue weighted by atomic mass is 9.93. The molecule has 0 saturated carbocycles.